The van der Waals surface area contributed by atoms with E-state index in [0.29, 0.717) is 19.6 Å². The van der Waals surface area contributed by atoms with E-state index in [1.807, 2.05) is 0 Å². The van der Waals surface area contributed by atoms with E-state index in [1.165, 1.54) is 16.8 Å². The van der Waals surface area contributed by atoms with Crippen molar-refractivity contribution < 1.29 is 14.7 Å². The summed E-state index contributed by atoms with van der Waals surface area (Å²) >= 11 is 0. The molecule has 0 unspecified atom stereocenters. The van der Waals surface area contributed by atoms with E-state index < -0.39 is 11.8 Å². The highest BCUT2D eigenvalue weighted by molar-refractivity contribution is 6.35. The third-order valence-electron chi connectivity index (χ3n) is 4.80. The first-order valence-electron chi connectivity index (χ1n) is 9.03. The highest BCUT2D eigenvalue weighted by Gasteiger charge is 2.26. The van der Waals surface area contributed by atoms with Crippen LogP contribution in [-0.2, 0) is 9.59 Å². The number of unbranched alkanes of at least 4 members (excludes halogenated alkanes) is 2. The number of aryl methyl sites for hydroxylation is 1. The fourth-order valence-corrected chi connectivity index (χ4v) is 3.06. The molecule has 2 N–H and O–H groups in total. The second kappa shape index (κ2) is 9.42. The average Bonchev–Trinajstić information content (AvgIpc) is 2.63. The van der Waals surface area contributed by atoms with Gasteiger partial charge in [-0.3, -0.25) is 9.59 Å². The second-order valence-electron chi connectivity index (χ2n) is 6.54. The number of carbonyl (C=O) groups excluding carboxylic acids is 2. The summed E-state index contributed by atoms with van der Waals surface area (Å²) in [7, 11) is 0. The van der Waals surface area contributed by atoms with Crippen molar-refractivity contribution >= 4 is 17.5 Å². The molecule has 1 aliphatic rings. The number of amides is 2. The van der Waals surface area contributed by atoms with Crippen LogP contribution in [0.25, 0.3) is 0 Å². The van der Waals surface area contributed by atoms with Gasteiger partial charge in [-0.1, -0.05) is 12.1 Å². The molecule has 0 aromatic heterocycles. The molecule has 1 fully saturated rings. The molecule has 0 aliphatic carbocycles. The molecular weight excluding hydrogens is 318 g/mol. The van der Waals surface area contributed by atoms with E-state index in [1.54, 1.807) is 4.90 Å². The van der Waals surface area contributed by atoms with Gasteiger partial charge in [0.15, 0.2) is 0 Å². The van der Waals surface area contributed by atoms with Crippen LogP contribution in [0.15, 0.2) is 18.2 Å². The number of aliphatic hydroxyl groups excluding tert-OH is 1. The maximum atomic E-state index is 12.2. The van der Waals surface area contributed by atoms with Crippen molar-refractivity contribution in [2.45, 2.75) is 33.1 Å². The van der Waals surface area contributed by atoms with Crippen LogP contribution in [0, 0.1) is 13.8 Å². The number of carbonyl (C=O) groups is 2. The zero-order valence-electron chi connectivity index (χ0n) is 15.3. The molecule has 1 saturated heterocycles. The van der Waals surface area contributed by atoms with Crippen molar-refractivity contribution in [1.29, 1.82) is 0 Å². The SMILES string of the molecule is Cc1cccc(N2CCN(C(=O)C(=O)NCCCCCO)CC2)c1C. The van der Waals surface area contributed by atoms with Gasteiger partial charge in [-0.2, -0.15) is 0 Å². The Balaban J connectivity index is 1.80. The quantitative estimate of drug-likeness (QED) is 0.600. The molecule has 138 valence electrons. The molecule has 1 heterocycles. The zero-order valence-corrected chi connectivity index (χ0v) is 15.3. The van der Waals surface area contributed by atoms with Crippen LogP contribution in [0.1, 0.15) is 30.4 Å². The van der Waals surface area contributed by atoms with Gasteiger partial charge >= 0.3 is 11.8 Å². The van der Waals surface area contributed by atoms with E-state index in [0.717, 1.165) is 32.4 Å². The first-order chi connectivity index (χ1) is 12.0. The molecule has 0 spiro atoms. The number of aliphatic hydroxyl groups is 1. The summed E-state index contributed by atoms with van der Waals surface area (Å²) in [5.41, 5.74) is 3.74. The summed E-state index contributed by atoms with van der Waals surface area (Å²) in [6.45, 7) is 7.45. The highest BCUT2D eigenvalue weighted by Crippen LogP contribution is 2.23. The molecule has 2 rings (SSSR count). The maximum absolute atomic E-state index is 12.2. The Kier molecular flexibility index (Phi) is 7.25. The number of nitrogens with zero attached hydrogens (tertiary/aromatic N) is 2. The van der Waals surface area contributed by atoms with Gasteiger partial charge < -0.3 is 20.2 Å². The van der Waals surface area contributed by atoms with E-state index in [4.69, 9.17) is 5.11 Å². The summed E-state index contributed by atoms with van der Waals surface area (Å²) in [6, 6.07) is 6.27. The zero-order chi connectivity index (χ0) is 18.2. The minimum Gasteiger partial charge on any atom is -0.396 e. The van der Waals surface area contributed by atoms with Crippen LogP contribution in [0.3, 0.4) is 0 Å². The number of benzene rings is 1. The normalized spacial score (nSPS) is 14.5. The van der Waals surface area contributed by atoms with Gasteiger partial charge in [0.05, 0.1) is 0 Å². The maximum Gasteiger partial charge on any atom is 0.312 e. The second-order valence-corrected chi connectivity index (χ2v) is 6.54. The van der Waals surface area contributed by atoms with Crippen LogP contribution in [0.4, 0.5) is 5.69 Å². The predicted octanol–water partition coefficient (Wildman–Crippen LogP) is 1.23. The molecular formula is C19H29N3O3. The standard InChI is InChI=1S/C19H29N3O3/c1-15-7-6-8-17(16(15)2)21-10-12-22(13-11-21)19(25)18(24)20-9-4-3-5-14-23/h6-8,23H,3-5,9-14H2,1-2H3,(H,20,24). The minimum atomic E-state index is -0.524. The fraction of sp³-hybridized carbons (Fsp3) is 0.579. The van der Waals surface area contributed by atoms with Crippen LogP contribution < -0.4 is 10.2 Å². The Morgan fingerprint density at radius 1 is 1.08 bits per heavy atom. The van der Waals surface area contributed by atoms with Gasteiger partial charge in [0, 0.05) is 45.0 Å². The third kappa shape index (κ3) is 5.19. The molecule has 6 nitrogen and oxygen atoms in total. The summed E-state index contributed by atoms with van der Waals surface area (Å²) in [6.07, 6.45) is 2.35. The summed E-state index contributed by atoms with van der Waals surface area (Å²) < 4.78 is 0. The van der Waals surface area contributed by atoms with Crippen LogP contribution in [0.5, 0.6) is 0 Å². The van der Waals surface area contributed by atoms with Crippen molar-refractivity contribution in [3.63, 3.8) is 0 Å². The molecule has 1 aromatic rings. The van der Waals surface area contributed by atoms with E-state index >= 15 is 0 Å². The molecule has 6 heteroatoms. The number of piperazine rings is 1. The Bertz CT molecular complexity index is 596. The monoisotopic (exact) mass is 347 g/mol. The Labute approximate surface area is 149 Å². The van der Waals surface area contributed by atoms with Gasteiger partial charge in [-0.15, -0.1) is 0 Å². The lowest BCUT2D eigenvalue weighted by atomic mass is 10.1. The van der Waals surface area contributed by atoms with E-state index in [-0.39, 0.29) is 6.61 Å². The number of nitrogens with one attached hydrogen (secondary N) is 1. The van der Waals surface area contributed by atoms with Gasteiger partial charge in [0.1, 0.15) is 0 Å². The molecule has 0 bridgehead atoms. The van der Waals surface area contributed by atoms with Crippen LogP contribution in [0.2, 0.25) is 0 Å². The smallest absolute Gasteiger partial charge is 0.312 e. The number of anilines is 1. The van der Waals surface area contributed by atoms with Crippen LogP contribution in [-0.4, -0.2) is 61.2 Å². The van der Waals surface area contributed by atoms with Crippen molar-refractivity contribution in [2.24, 2.45) is 0 Å². The molecule has 25 heavy (non-hydrogen) atoms. The van der Waals surface area contributed by atoms with Crippen molar-refractivity contribution in [3.05, 3.63) is 29.3 Å². The largest absolute Gasteiger partial charge is 0.396 e. The summed E-state index contributed by atoms with van der Waals surface area (Å²) in [5, 5.41) is 11.4. The van der Waals surface area contributed by atoms with E-state index in [2.05, 4.69) is 42.3 Å². The van der Waals surface area contributed by atoms with Crippen LogP contribution >= 0.6 is 0 Å². The van der Waals surface area contributed by atoms with Gasteiger partial charge in [0.2, 0.25) is 0 Å². The van der Waals surface area contributed by atoms with Crippen molar-refractivity contribution in [3.8, 4) is 0 Å². The molecule has 2 amide bonds. The van der Waals surface area contributed by atoms with Gasteiger partial charge in [0.25, 0.3) is 0 Å². The summed E-state index contributed by atoms with van der Waals surface area (Å²) in [5.74, 6) is -0.966. The van der Waals surface area contributed by atoms with E-state index in [9.17, 15) is 9.59 Å². The lowest BCUT2D eigenvalue weighted by Crippen LogP contribution is -2.52. The molecule has 0 atom stereocenters. The number of hydrogen-bond donors (Lipinski definition) is 2. The van der Waals surface area contributed by atoms with Gasteiger partial charge in [-0.05, 0) is 50.3 Å². The van der Waals surface area contributed by atoms with Crippen molar-refractivity contribution in [1.82, 2.24) is 10.2 Å². The predicted molar refractivity (Wildman–Crippen MR) is 98.7 cm³/mol. The molecule has 1 aromatic carbocycles. The fourth-order valence-electron chi connectivity index (χ4n) is 3.06. The Morgan fingerprint density at radius 3 is 2.48 bits per heavy atom. The lowest BCUT2D eigenvalue weighted by Gasteiger charge is -2.36. The Morgan fingerprint density at radius 2 is 1.80 bits per heavy atom. The van der Waals surface area contributed by atoms with Gasteiger partial charge in [-0.25, -0.2) is 0 Å². The third-order valence-corrected chi connectivity index (χ3v) is 4.80. The average molecular weight is 347 g/mol. The highest BCUT2D eigenvalue weighted by atomic mass is 16.3. The molecule has 0 saturated carbocycles. The minimum absolute atomic E-state index is 0.164. The molecule has 0 radical (unpaired) electrons. The Hall–Kier alpha value is -2.08. The van der Waals surface area contributed by atoms with Crippen molar-refractivity contribution in [2.75, 3.05) is 44.2 Å². The lowest BCUT2D eigenvalue weighted by molar-refractivity contribution is -0.146. The topological polar surface area (TPSA) is 72.9 Å². The first kappa shape index (κ1) is 19.2. The number of hydrogen-bond acceptors (Lipinski definition) is 4. The number of rotatable bonds is 6. The first-order valence-corrected chi connectivity index (χ1v) is 9.03. The summed E-state index contributed by atoms with van der Waals surface area (Å²) in [4.78, 5) is 28.1. The molecule has 1 aliphatic heterocycles.